The normalized spacial score (nSPS) is 10.5. The summed E-state index contributed by atoms with van der Waals surface area (Å²) in [6.45, 7) is -0.0336. The van der Waals surface area contributed by atoms with Crippen LogP contribution in [0.4, 0.5) is 4.39 Å². The summed E-state index contributed by atoms with van der Waals surface area (Å²) in [6, 6.07) is 5.00. The van der Waals surface area contributed by atoms with Gasteiger partial charge in [-0.3, -0.25) is 4.79 Å². The minimum atomic E-state index is -1.36. The summed E-state index contributed by atoms with van der Waals surface area (Å²) in [5.41, 5.74) is -0.740. The first-order valence-corrected chi connectivity index (χ1v) is 5.64. The molecule has 20 heavy (non-hydrogen) atoms. The Kier molecular flexibility index (Phi) is 3.90. The molecule has 0 amide bonds. The van der Waals surface area contributed by atoms with Crippen LogP contribution in [0.5, 0.6) is 0 Å². The van der Waals surface area contributed by atoms with Gasteiger partial charge in [-0.25, -0.2) is 9.18 Å². The van der Waals surface area contributed by atoms with Gasteiger partial charge in [0.15, 0.2) is 0 Å². The molecule has 0 saturated carbocycles. The first kappa shape index (κ1) is 13.9. The van der Waals surface area contributed by atoms with Gasteiger partial charge in [0.05, 0.1) is 18.5 Å². The number of rotatable bonds is 4. The smallest absolute Gasteiger partial charge is 0.341 e. The van der Waals surface area contributed by atoms with Crippen LogP contribution in [0.2, 0.25) is 0 Å². The molecule has 0 unspecified atom stereocenters. The minimum Gasteiger partial charge on any atom is -0.477 e. The van der Waals surface area contributed by atoms with E-state index in [4.69, 9.17) is 9.84 Å². The average molecular weight is 278 g/mol. The van der Waals surface area contributed by atoms with Gasteiger partial charge in [-0.15, -0.1) is 0 Å². The van der Waals surface area contributed by atoms with Crippen LogP contribution in [-0.2, 0) is 11.3 Å². The number of aromatic carboxylic acids is 1. The minimum absolute atomic E-state index is 0.0336. The zero-order chi connectivity index (χ0) is 14.7. The third-order valence-corrected chi connectivity index (χ3v) is 2.64. The quantitative estimate of drug-likeness (QED) is 0.909. The summed E-state index contributed by atoms with van der Waals surface area (Å²) in [5.74, 6) is -1.82. The fraction of sp³-hybridized carbons (Fsp3) is 0.154. The van der Waals surface area contributed by atoms with E-state index in [-0.39, 0.29) is 17.9 Å². The van der Waals surface area contributed by atoms with Gasteiger partial charge >= 0.3 is 5.97 Å². The average Bonchev–Trinajstić information content (AvgIpc) is 2.40. The van der Waals surface area contributed by atoms with Crippen molar-refractivity contribution in [3.8, 4) is 5.69 Å². The second-order valence-electron chi connectivity index (χ2n) is 3.98. The molecule has 0 spiro atoms. The van der Waals surface area contributed by atoms with Crippen molar-refractivity contribution in [1.82, 2.24) is 9.78 Å². The molecule has 1 aromatic heterocycles. The molecule has 6 nitrogen and oxygen atoms in total. The van der Waals surface area contributed by atoms with Crippen molar-refractivity contribution in [2.45, 2.75) is 6.61 Å². The van der Waals surface area contributed by atoms with Gasteiger partial charge in [0.25, 0.3) is 5.56 Å². The zero-order valence-corrected chi connectivity index (χ0v) is 10.5. The summed E-state index contributed by atoms with van der Waals surface area (Å²) < 4.78 is 18.6. The lowest BCUT2D eigenvalue weighted by molar-refractivity contribution is 0.0688. The van der Waals surface area contributed by atoms with Crippen LogP contribution in [0.25, 0.3) is 5.69 Å². The fourth-order valence-electron chi connectivity index (χ4n) is 1.75. The predicted octanol–water partition coefficient (Wildman–Crippen LogP) is 1.22. The van der Waals surface area contributed by atoms with Gasteiger partial charge in [0.2, 0.25) is 0 Å². The Labute approximate surface area is 113 Å². The van der Waals surface area contributed by atoms with Crippen LogP contribution >= 0.6 is 0 Å². The van der Waals surface area contributed by atoms with Crippen LogP contribution in [0, 0.1) is 5.82 Å². The number of carboxylic acid groups (broad SMARTS) is 1. The maximum atomic E-state index is 12.9. The number of carboxylic acids is 1. The lowest BCUT2D eigenvalue weighted by atomic mass is 10.1. The number of halogens is 1. The highest BCUT2D eigenvalue weighted by Crippen LogP contribution is 2.09. The summed E-state index contributed by atoms with van der Waals surface area (Å²) in [5, 5.41) is 13.0. The molecule has 1 heterocycles. The van der Waals surface area contributed by atoms with E-state index in [1.807, 2.05) is 0 Å². The Morgan fingerprint density at radius 3 is 2.60 bits per heavy atom. The van der Waals surface area contributed by atoms with Crippen molar-refractivity contribution in [3.63, 3.8) is 0 Å². The van der Waals surface area contributed by atoms with Crippen LogP contribution in [-0.4, -0.2) is 28.0 Å². The lowest BCUT2D eigenvalue weighted by Crippen LogP contribution is -2.29. The predicted molar refractivity (Wildman–Crippen MR) is 67.5 cm³/mol. The number of hydrogen-bond acceptors (Lipinski definition) is 4. The molecule has 0 fully saturated rings. The lowest BCUT2D eigenvalue weighted by Gasteiger charge is -2.08. The Balaban J connectivity index is 2.62. The van der Waals surface area contributed by atoms with Crippen molar-refractivity contribution >= 4 is 5.97 Å². The van der Waals surface area contributed by atoms with Gasteiger partial charge in [-0.05, 0) is 24.3 Å². The summed E-state index contributed by atoms with van der Waals surface area (Å²) in [7, 11) is 1.39. The maximum absolute atomic E-state index is 12.9. The molecule has 0 aliphatic rings. The van der Waals surface area contributed by atoms with Crippen LogP contribution in [0.1, 0.15) is 15.9 Å². The third-order valence-electron chi connectivity index (χ3n) is 2.64. The molecule has 2 rings (SSSR count). The van der Waals surface area contributed by atoms with E-state index in [0.29, 0.717) is 0 Å². The molecule has 2 aromatic rings. The standard InChI is InChI=1S/C13H11FN2O4/c1-20-7-8-6-15-16(12(17)11(8)13(18)19)10-4-2-9(14)3-5-10/h2-6H,7H2,1H3,(H,18,19). The molecule has 0 saturated heterocycles. The Hall–Kier alpha value is -2.54. The molecular weight excluding hydrogens is 267 g/mol. The highest BCUT2D eigenvalue weighted by molar-refractivity contribution is 5.88. The Morgan fingerprint density at radius 2 is 2.05 bits per heavy atom. The summed E-state index contributed by atoms with van der Waals surface area (Å²) in [6.07, 6.45) is 1.25. The molecule has 7 heteroatoms. The Morgan fingerprint density at radius 1 is 1.40 bits per heavy atom. The van der Waals surface area contributed by atoms with E-state index >= 15 is 0 Å². The highest BCUT2D eigenvalue weighted by atomic mass is 19.1. The summed E-state index contributed by atoms with van der Waals surface area (Å²) in [4.78, 5) is 23.4. The molecule has 1 aromatic carbocycles. The first-order chi connectivity index (χ1) is 9.54. The molecule has 0 aliphatic heterocycles. The van der Waals surface area contributed by atoms with Crippen molar-refractivity contribution in [2.24, 2.45) is 0 Å². The van der Waals surface area contributed by atoms with Crippen LogP contribution in [0.3, 0.4) is 0 Å². The topological polar surface area (TPSA) is 81.4 Å². The van der Waals surface area contributed by atoms with Crippen molar-refractivity contribution < 1.29 is 19.0 Å². The van der Waals surface area contributed by atoms with Crippen LogP contribution in [0.15, 0.2) is 35.3 Å². The number of hydrogen-bond donors (Lipinski definition) is 1. The maximum Gasteiger partial charge on any atom is 0.341 e. The summed E-state index contributed by atoms with van der Waals surface area (Å²) >= 11 is 0. The third kappa shape index (κ3) is 2.57. The zero-order valence-electron chi connectivity index (χ0n) is 10.5. The van der Waals surface area contributed by atoms with Crippen molar-refractivity contribution in [3.05, 3.63) is 57.8 Å². The van der Waals surface area contributed by atoms with E-state index in [9.17, 15) is 14.0 Å². The SMILES string of the molecule is COCc1cnn(-c2ccc(F)cc2)c(=O)c1C(=O)O. The molecule has 0 radical (unpaired) electrons. The molecule has 0 aliphatic carbocycles. The second-order valence-corrected chi connectivity index (χ2v) is 3.98. The van der Waals surface area contributed by atoms with Gasteiger partial charge in [0.1, 0.15) is 11.4 Å². The van der Waals surface area contributed by atoms with E-state index in [2.05, 4.69) is 5.10 Å². The molecule has 104 valence electrons. The molecular formula is C13H11FN2O4. The van der Waals surface area contributed by atoms with E-state index in [0.717, 1.165) is 16.8 Å². The molecule has 0 atom stereocenters. The highest BCUT2D eigenvalue weighted by Gasteiger charge is 2.18. The first-order valence-electron chi connectivity index (χ1n) is 5.64. The Bertz CT molecular complexity index is 695. The van der Waals surface area contributed by atoms with Crippen LogP contribution < -0.4 is 5.56 Å². The number of nitrogens with zero attached hydrogens (tertiary/aromatic N) is 2. The molecule has 0 bridgehead atoms. The van der Waals surface area contributed by atoms with Gasteiger partial charge in [0, 0.05) is 12.7 Å². The monoisotopic (exact) mass is 278 g/mol. The van der Waals surface area contributed by atoms with Gasteiger partial charge in [-0.1, -0.05) is 0 Å². The fourth-order valence-corrected chi connectivity index (χ4v) is 1.75. The van der Waals surface area contributed by atoms with E-state index < -0.39 is 22.9 Å². The van der Waals surface area contributed by atoms with Crippen molar-refractivity contribution in [2.75, 3.05) is 7.11 Å². The number of methoxy groups -OCH3 is 1. The van der Waals surface area contributed by atoms with Crippen molar-refractivity contribution in [1.29, 1.82) is 0 Å². The van der Waals surface area contributed by atoms with Gasteiger partial charge in [-0.2, -0.15) is 9.78 Å². The van der Waals surface area contributed by atoms with E-state index in [1.54, 1.807) is 0 Å². The van der Waals surface area contributed by atoms with Gasteiger partial charge < -0.3 is 9.84 Å². The largest absolute Gasteiger partial charge is 0.477 e. The number of carbonyl (C=O) groups is 1. The second kappa shape index (κ2) is 5.62. The number of benzene rings is 1. The number of aromatic nitrogens is 2. The molecule has 1 N–H and O–H groups in total. The number of ether oxygens (including phenoxy) is 1. The van der Waals surface area contributed by atoms with E-state index in [1.165, 1.54) is 25.4 Å².